The van der Waals surface area contributed by atoms with E-state index in [1.54, 1.807) is 6.92 Å². The first kappa shape index (κ1) is 24.5. The largest absolute Gasteiger partial charge is 0.355 e. The Labute approximate surface area is 214 Å². The molecule has 5 heteroatoms. The third-order valence-electron chi connectivity index (χ3n) is 7.95. The van der Waals surface area contributed by atoms with E-state index in [1.165, 1.54) is 33.4 Å². The molecule has 2 aromatic carbocycles. The molecule has 2 fully saturated rings. The lowest BCUT2D eigenvalue weighted by atomic mass is 9.85. The summed E-state index contributed by atoms with van der Waals surface area (Å²) in [4.78, 5) is 26.4. The first-order chi connectivity index (χ1) is 17.6. The van der Waals surface area contributed by atoms with Gasteiger partial charge in [-0.2, -0.15) is 0 Å². The second-order valence-corrected chi connectivity index (χ2v) is 10.4. The van der Waals surface area contributed by atoms with E-state index in [0.29, 0.717) is 6.54 Å². The number of benzene rings is 2. The van der Waals surface area contributed by atoms with E-state index in [0.717, 1.165) is 58.2 Å². The zero-order valence-electron chi connectivity index (χ0n) is 21.3. The van der Waals surface area contributed by atoms with E-state index in [9.17, 15) is 9.59 Å². The van der Waals surface area contributed by atoms with E-state index < -0.39 is 0 Å². The van der Waals surface area contributed by atoms with Gasteiger partial charge in [-0.15, -0.1) is 0 Å². The van der Waals surface area contributed by atoms with Crippen LogP contribution in [0.2, 0.25) is 0 Å². The van der Waals surface area contributed by atoms with E-state index in [1.807, 2.05) is 0 Å². The Morgan fingerprint density at radius 1 is 0.861 bits per heavy atom. The molecule has 1 aliphatic heterocycles. The lowest BCUT2D eigenvalue weighted by Gasteiger charge is -2.31. The topological polar surface area (TPSA) is 61.4 Å². The van der Waals surface area contributed by atoms with Gasteiger partial charge in [0.05, 0.1) is 0 Å². The van der Waals surface area contributed by atoms with Crippen LogP contribution in [-0.4, -0.2) is 48.9 Å². The Morgan fingerprint density at radius 2 is 1.44 bits per heavy atom. The Morgan fingerprint density at radius 3 is 2.03 bits per heavy atom. The molecule has 3 aliphatic rings. The van der Waals surface area contributed by atoms with Crippen LogP contribution < -0.4 is 10.6 Å². The van der Waals surface area contributed by atoms with Crippen LogP contribution in [0, 0.1) is 5.92 Å². The number of fused-ring (bicyclic) bond motifs is 2. The molecule has 1 saturated heterocycles. The monoisotopic (exact) mass is 483 g/mol. The highest BCUT2D eigenvalue weighted by atomic mass is 16.2. The quantitative estimate of drug-likeness (QED) is 0.544. The number of nitrogens with one attached hydrogen (secondary N) is 2. The molecule has 5 nitrogen and oxygen atoms in total. The number of hydrogen-bond acceptors (Lipinski definition) is 3. The predicted octanol–water partition coefficient (Wildman–Crippen LogP) is 4.88. The van der Waals surface area contributed by atoms with E-state index >= 15 is 0 Å². The van der Waals surface area contributed by atoms with Gasteiger partial charge in [0.25, 0.3) is 0 Å². The van der Waals surface area contributed by atoms with Crippen molar-refractivity contribution >= 4 is 29.5 Å². The van der Waals surface area contributed by atoms with Gasteiger partial charge in [0.2, 0.25) is 11.8 Å². The number of rotatable bonds is 5. The minimum absolute atomic E-state index is 0.0207. The van der Waals surface area contributed by atoms with Crippen LogP contribution in [0.1, 0.15) is 67.7 Å². The summed E-state index contributed by atoms with van der Waals surface area (Å²) >= 11 is 0. The molecule has 188 valence electrons. The third-order valence-corrected chi connectivity index (χ3v) is 7.95. The molecule has 5 rings (SSSR count). The second-order valence-electron chi connectivity index (χ2n) is 10.4. The summed E-state index contributed by atoms with van der Waals surface area (Å²) in [5.41, 5.74) is 8.19. The molecule has 36 heavy (non-hydrogen) atoms. The Hall–Kier alpha value is -3.18. The van der Waals surface area contributed by atoms with Crippen molar-refractivity contribution in [1.29, 1.82) is 0 Å². The molecule has 2 aliphatic carbocycles. The fourth-order valence-electron chi connectivity index (χ4n) is 6.01. The summed E-state index contributed by atoms with van der Waals surface area (Å²) in [6.45, 7) is 5.20. The molecular weight excluding hydrogens is 446 g/mol. The lowest BCUT2D eigenvalue weighted by molar-refractivity contribution is -0.126. The van der Waals surface area contributed by atoms with Crippen molar-refractivity contribution in [2.24, 2.45) is 5.92 Å². The van der Waals surface area contributed by atoms with Crippen molar-refractivity contribution in [2.75, 3.05) is 26.2 Å². The van der Waals surface area contributed by atoms with Gasteiger partial charge in [0.1, 0.15) is 0 Å². The number of amides is 2. The summed E-state index contributed by atoms with van der Waals surface area (Å²) in [6.07, 6.45) is 10.1. The third kappa shape index (κ3) is 5.62. The molecule has 2 aromatic rings. The molecule has 0 bridgehead atoms. The molecule has 0 unspecified atom stereocenters. The maximum absolute atomic E-state index is 12.7. The van der Waals surface area contributed by atoms with Gasteiger partial charge in [-0.05, 0) is 66.4 Å². The van der Waals surface area contributed by atoms with Gasteiger partial charge in [0, 0.05) is 45.1 Å². The molecule has 0 atom stereocenters. The normalized spacial score (nSPS) is 21.8. The van der Waals surface area contributed by atoms with Gasteiger partial charge < -0.3 is 15.5 Å². The fraction of sp³-hybridized carbons (Fsp3) is 0.419. The molecule has 1 heterocycles. The second kappa shape index (κ2) is 11.3. The Balaban J connectivity index is 1.16. The van der Waals surface area contributed by atoms with Gasteiger partial charge in [0.15, 0.2) is 0 Å². The highest BCUT2D eigenvalue weighted by Gasteiger charge is 2.27. The first-order valence-electron chi connectivity index (χ1n) is 13.4. The average molecular weight is 484 g/mol. The standard InChI is InChI=1S/C31H37N3O2/c1-22(35)33-27-14-12-26(13-15-27)31(36)32-18-21-34-19-16-25(17-20-34)30-28-8-4-2-6-23(28)10-11-24-7-3-5-9-29(24)30/h2-11,26-27H,12-21H2,1H3,(H,32,36)(H,33,35). The molecule has 1 saturated carbocycles. The van der Waals surface area contributed by atoms with Crippen molar-refractivity contribution in [3.8, 4) is 0 Å². The zero-order chi connectivity index (χ0) is 24.9. The number of carbonyl (C=O) groups excluding carboxylic acids is 2. The molecule has 0 radical (unpaired) electrons. The predicted molar refractivity (Wildman–Crippen MR) is 146 cm³/mol. The summed E-state index contributed by atoms with van der Waals surface area (Å²) in [5, 5.41) is 6.16. The van der Waals surface area contributed by atoms with Crippen LogP contribution in [0.5, 0.6) is 0 Å². The highest BCUT2D eigenvalue weighted by Crippen LogP contribution is 2.38. The van der Waals surface area contributed by atoms with Crippen LogP contribution in [0.25, 0.3) is 17.7 Å². The molecule has 2 amide bonds. The van der Waals surface area contributed by atoms with Crippen molar-refractivity contribution < 1.29 is 9.59 Å². The number of carbonyl (C=O) groups is 2. The molecular formula is C31H37N3O2. The Kier molecular flexibility index (Phi) is 7.66. The summed E-state index contributed by atoms with van der Waals surface area (Å²) in [7, 11) is 0. The Bertz CT molecular complexity index is 1110. The maximum Gasteiger partial charge on any atom is 0.223 e. The van der Waals surface area contributed by atoms with Crippen molar-refractivity contribution in [1.82, 2.24) is 15.5 Å². The fourth-order valence-corrected chi connectivity index (χ4v) is 6.01. The SMILES string of the molecule is CC(=O)NC1CCC(C(=O)NCCN2CCC(=C3c4ccccc4C=Cc4ccccc43)CC2)CC1. The van der Waals surface area contributed by atoms with Gasteiger partial charge >= 0.3 is 0 Å². The minimum atomic E-state index is 0.0207. The van der Waals surface area contributed by atoms with Crippen molar-refractivity contribution in [3.05, 3.63) is 76.4 Å². The summed E-state index contributed by atoms with van der Waals surface area (Å²) in [6, 6.07) is 17.7. The first-order valence-corrected chi connectivity index (χ1v) is 13.4. The highest BCUT2D eigenvalue weighted by molar-refractivity contribution is 5.94. The zero-order valence-corrected chi connectivity index (χ0v) is 21.3. The number of hydrogen-bond donors (Lipinski definition) is 2. The summed E-state index contributed by atoms with van der Waals surface area (Å²) in [5.74, 6) is 0.277. The van der Waals surface area contributed by atoms with Crippen molar-refractivity contribution in [3.63, 3.8) is 0 Å². The van der Waals surface area contributed by atoms with Gasteiger partial charge in [-0.1, -0.05) is 66.3 Å². The van der Waals surface area contributed by atoms with Gasteiger partial charge in [-0.25, -0.2) is 0 Å². The summed E-state index contributed by atoms with van der Waals surface area (Å²) < 4.78 is 0. The molecule has 0 aromatic heterocycles. The van der Waals surface area contributed by atoms with Gasteiger partial charge in [-0.3, -0.25) is 9.59 Å². The van der Waals surface area contributed by atoms with E-state index in [2.05, 4.69) is 76.2 Å². The average Bonchev–Trinajstić information content (AvgIpc) is 3.06. The minimum Gasteiger partial charge on any atom is -0.355 e. The lowest BCUT2D eigenvalue weighted by Crippen LogP contribution is -2.42. The van der Waals surface area contributed by atoms with Crippen LogP contribution in [-0.2, 0) is 9.59 Å². The molecule has 0 spiro atoms. The van der Waals surface area contributed by atoms with Crippen LogP contribution in [0.4, 0.5) is 0 Å². The smallest absolute Gasteiger partial charge is 0.223 e. The number of nitrogens with zero attached hydrogens (tertiary/aromatic N) is 1. The van der Waals surface area contributed by atoms with Crippen LogP contribution in [0.15, 0.2) is 54.1 Å². The van der Waals surface area contributed by atoms with Crippen LogP contribution >= 0.6 is 0 Å². The van der Waals surface area contributed by atoms with Crippen molar-refractivity contribution in [2.45, 2.75) is 51.5 Å². The van der Waals surface area contributed by atoms with E-state index in [4.69, 9.17) is 0 Å². The molecule has 2 N–H and O–H groups in total. The van der Waals surface area contributed by atoms with Crippen LogP contribution in [0.3, 0.4) is 0 Å². The van der Waals surface area contributed by atoms with E-state index in [-0.39, 0.29) is 23.8 Å². The number of piperidine rings is 1. The maximum atomic E-state index is 12.7. The number of likely N-dealkylation sites (tertiary alicyclic amines) is 1.